The van der Waals surface area contributed by atoms with Crippen LogP contribution in [0.2, 0.25) is 0 Å². The number of carboxylic acid groups (broad SMARTS) is 2. The number of methoxy groups -OCH3 is 1. The van der Waals surface area contributed by atoms with E-state index in [0.29, 0.717) is 18.6 Å². The fourth-order valence-corrected chi connectivity index (χ4v) is 4.54. The Morgan fingerprint density at radius 3 is 2.37 bits per heavy atom. The van der Waals surface area contributed by atoms with Crippen molar-refractivity contribution in [2.75, 3.05) is 13.7 Å². The third kappa shape index (κ3) is 10.1. The molecule has 1 aromatic carbocycles. The number of H-pyrrole nitrogens is 1. The molecule has 12 nitrogen and oxygen atoms in total. The summed E-state index contributed by atoms with van der Waals surface area (Å²) in [7, 11) is 1.70. The number of nitrogens with one attached hydrogen (secondary N) is 2. The molecule has 1 saturated carbocycles. The van der Waals surface area contributed by atoms with E-state index in [2.05, 4.69) is 27.4 Å². The van der Waals surface area contributed by atoms with E-state index in [0.717, 1.165) is 77.6 Å². The molecule has 12 heteroatoms. The van der Waals surface area contributed by atoms with Crippen LogP contribution in [0.1, 0.15) is 75.9 Å². The molecule has 3 atom stereocenters. The van der Waals surface area contributed by atoms with Gasteiger partial charge in [-0.05, 0) is 57.2 Å². The lowest BCUT2D eigenvalue weighted by atomic mass is 10.0. The van der Waals surface area contributed by atoms with Crippen molar-refractivity contribution in [1.29, 1.82) is 0 Å². The van der Waals surface area contributed by atoms with Crippen LogP contribution >= 0.6 is 0 Å². The van der Waals surface area contributed by atoms with E-state index in [-0.39, 0.29) is 6.04 Å². The maximum absolute atomic E-state index is 11.6. The molecule has 0 radical (unpaired) electrons. The molecule has 2 aromatic heterocycles. The topological polar surface area (TPSA) is 195 Å². The number of ketones is 1. The summed E-state index contributed by atoms with van der Waals surface area (Å²) in [4.78, 5) is 44.1. The number of pyridine rings is 1. The molecule has 3 aromatic rings. The number of hydrogen-bond donors (Lipinski definition) is 6. The summed E-state index contributed by atoms with van der Waals surface area (Å²) in [5.41, 5.74) is 3.87. The number of benzene rings is 1. The lowest BCUT2D eigenvalue weighted by Gasteiger charge is -2.17. The monoisotopic (exact) mass is 598 g/mol. The minimum atomic E-state index is -2.27. The third-order valence-electron chi connectivity index (χ3n) is 7.36. The molecule has 43 heavy (non-hydrogen) atoms. The fourth-order valence-electron chi connectivity index (χ4n) is 4.54. The molecule has 2 heterocycles. The molecule has 0 unspecified atom stereocenters. The Bertz CT molecular complexity index is 1370. The highest BCUT2D eigenvalue weighted by atomic mass is 16.5. The highest BCUT2D eigenvalue weighted by Crippen LogP contribution is 2.34. The predicted octanol–water partition coefficient (Wildman–Crippen LogP) is 3.79. The van der Waals surface area contributed by atoms with Crippen LogP contribution in [0.3, 0.4) is 0 Å². The molecular formula is C31H42N4O8. The normalized spacial score (nSPS) is 14.8. The number of ether oxygens (including phenoxy) is 1. The number of aromatic amines is 1. The smallest absolute Gasteiger partial charge is 0.335 e. The number of nitrogens with zero attached hydrogens (tertiary/aromatic N) is 2. The third-order valence-corrected chi connectivity index (χ3v) is 7.36. The molecule has 4 rings (SSSR count). The van der Waals surface area contributed by atoms with E-state index in [1.807, 2.05) is 32.2 Å². The highest BCUT2D eigenvalue weighted by Gasteiger charge is 2.29. The number of aromatic nitrogens is 3. The number of rotatable bonds is 16. The Hall–Kier alpha value is -3.87. The van der Waals surface area contributed by atoms with Gasteiger partial charge in [-0.25, -0.2) is 14.6 Å². The molecule has 0 aliphatic heterocycles. The summed E-state index contributed by atoms with van der Waals surface area (Å²) in [5.74, 6) is -0.604. The number of carbonyl (C=O) groups excluding carboxylic acids is 1. The van der Waals surface area contributed by atoms with Gasteiger partial charge in [-0.2, -0.15) is 0 Å². The molecule has 1 aliphatic rings. The summed E-state index contributed by atoms with van der Waals surface area (Å²) in [6.45, 7) is 4.98. The number of aliphatic hydroxyl groups excluding tert-OH is 2. The van der Waals surface area contributed by atoms with Crippen molar-refractivity contribution in [3.63, 3.8) is 0 Å². The van der Waals surface area contributed by atoms with Crippen LogP contribution < -0.4 is 10.1 Å². The van der Waals surface area contributed by atoms with E-state index in [9.17, 15) is 14.4 Å². The first-order valence-electron chi connectivity index (χ1n) is 14.6. The van der Waals surface area contributed by atoms with Gasteiger partial charge in [-0.1, -0.05) is 25.8 Å². The number of unbranched alkanes of at least 4 members (excludes halogenated alkanes) is 2. The van der Waals surface area contributed by atoms with Crippen LogP contribution in [-0.4, -0.2) is 79.0 Å². The Kier molecular flexibility index (Phi) is 12.6. The minimum Gasteiger partial charge on any atom is -0.496 e. The van der Waals surface area contributed by atoms with Gasteiger partial charge in [0, 0.05) is 35.6 Å². The number of aryl methyl sites for hydroxylation is 1. The number of hydrogen-bond acceptors (Lipinski definition) is 9. The lowest BCUT2D eigenvalue weighted by Crippen LogP contribution is -2.39. The van der Waals surface area contributed by atoms with Crippen molar-refractivity contribution in [2.45, 2.75) is 83.5 Å². The number of carboxylic acids is 2. The number of carbonyl (C=O) groups is 3. The van der Waals surface area contributed by atoms with Gasteiger partial charge in [0.05, 0.1) is 30.6 Å². The molecule has 0 amide bonds. The summed E-state index contributed by atoms with van der Waals surface area (Å²) in [6.07, 6.45) is 5.53. The van der Waals surface area contributed by atoms with E-state index < -0.39 is 24.1 Å². The van der Waals surface area contributed by atoms with Gasteiger partial charge >= 0.3 is 11.9 Å². The first-order valence-corrected chi connectivity index (χ1v) is 14.6. The van der Waals surface area contributed by atoms with Crippen molar-refractivity contribution in [1.82, 2.24) is 20.3 Å². The zero-order valence-corrected chi connectivity index (χ0v) is 24.9. The predicted molar refractivity (Wildman–Crippen MR) is 160 cm³/mol. The maximum Gasteiger partial charge on any atom is 0.335 e. The molecule has 0 saturated heterocycles. The molecular weight excluding hydrogens is 556 g/mol. The second-order valence-corrected chi connectivity index (χ2v) is 10.8. The van der Waals surface area contributed by atoms with Crippen LogP contribution in [0.25, 0.3) is 22.2 Å². The summed E-state index contributed by atoms with van der Waals surface area (Å²) in [5, 5.41) is 37.3. The second-order valence-electron chi connectivity index (χ2n) is 10.8. The van der Waals surface area contributed by atoms with Gasteiger partial charge < -0.3 is 35.5 Å². The number of Topliss-reactive ketones (excluding diaryl/α,β-unsaturated/α-hetero) is 1. The zero-order chi connectivity index (χ0) is 31.5. The Balaban J connectivity index is 0.000000436. The summed E-state index contributed by atoms with van der Waals surface area (Å²) < 4.78 is 5.69. The van der Waals surface area contributed by atoms with Crippen molar-refractivity contribution >= 4 is 28.6 Å². The van der Waals surface area contributed by atoms with Crippen molar-refractivity contribution in [3.05, 3.63) is 42.0 Å². The highest BCUT2D eigenvalue weighted by molar-refractivity contribution is 5.87. The van der Waals surface area contributed by atoms with E-state index in [1.54, 1.807) is 7.11 Å². The van der Waals surface area contributed by atoms with Gasteiger partial charge in [0.1, 0.15) is 17.4 Å². The first-order chi connectivity index (χ1) is 20.5. The fraction of sp³-hybridized carbons (Fsp3) is 0.516. The average molecular weight is 599 g/mol. The SMILES string of the molecule is CCC(=O)CCCCC[C@H](NCC1CC1)c1ncc(-c2cc3ccc(C)nc3cc2OC)[nH]1.O=C(O)[C@H](O)[C@@H](O)C(=O)O. The van der Waals surface area contributed by atoms with Crippen molar-refractivity contribution < 1.29 is 39.5 Å². The number of fused-ring (bicyclic) bond motifs is 1. The molecule has 234 valence electrons. The number of imidazole rings is 1. The molecule has 6 N–H and O–H groups in total. The van der Waals surface area contributed by atoms with Crippen molar-refractivity contribution in [3.8, 4) is 17.0 Å². The van der Waals surface area contributed by atoms with Gasteiger partial charge in [-0.3, -0.25) is 9.78 Å². The van der Waals surface area contributed by atoms with E-state index >= 15 is 0 Å². The standard InChI is InChI=1S/C27H36N4O2.C4H6O6/c1-4-21(32)8-6-5-7-9-23(28-16-19-11-12-19)27-29-17-25(31-27)22-14-20-13-10-18(2)30-24(20)15-26(22)33-3;5-1(3(7)8)2(6)4(9)10/h10,13-15,17,19,23,28H,4-9,11-12,16H2,1-3H3,(H,29,31);1-2,5-6H,(H,7,8)(H,9,10)/t23-;1-,2-/m01/s1. The largest absolute Gasteiger partial charge is 0.496 e. The average Bonchev–Trinajstić information content (AvgIpc) is 3.70. The number of aliphatic hydroxyl groups is 2. The van der Waals surface area contributed by atoms with Gasteiger partial charge in [0.25, 0.3) is 0 Å². The van der Waals surface area contributed by atoms with Crippen LogP contribution in [0.15, 0.2) is 30.5 Å². The minimum absolute atomic E-state index is 0.192. The lowest BCUT2D eigenvalue weighted by molar-refractivity contribution is -0.165. The number of aliphatic carboxylic acids is 2. The van der Waals surface area contributed by atoms with Crippen LogP contribution in [0, 0.1) is 12.8 Å². The zero-order valence-electron chi connectivity index (χ0n) is 24.9. The van der Waals surface area contributed by atoms with Gasteiger partial charge in [0.2, 0.25) is 0 Å². The summed E-state index contributed by atoms with van der Waals surface area (Å²) >= 11 is 0. The molecule has 0 spiro atoms. The Morgan fingerprint density at radius 1 is 1.07 bits per heavy atom. The molecule has 1 fully saturated rings. The van der Waals surface area contributed by atoms with Crippen LogP contribution in [0.5, 0.6) is 5.75 Å². The quantitative estimate of drug-likeness (QED) is 0.131. The first kappa shape index (κ1) is 33.6. The van der Waals surface area contributed by atoms with Crippen molar-refractivity contribution in [2.24, 2.45) is 5.92 Å². The summed E-state index contributed by atoms with van der Waals surface area (Å²) in [6, 6.07) is 8.44. The van der Waals surface area contributed by atoms with Gasteiger partial charge in [-0.15, -0.1) is 0 Å². The van der Waals surface area contributed by atoms with Crippen LogP contribution in [-0.2, 0) is 14.4 Å². The Morgan fingerprint density at radius 2 is 1.77 bits per heavy atom. The molecule has 0 bridgehead atoms. The van der Waals surface area contributed by atoms with Gasteiger partial charge in [0.15, 0.2) is 12.2 Å². The molecule has 1 aliphatic carbocycles. The van der Waals surface area contributed by atoms with E-state index in [1.165, 1.54) is 12.8 Å². The van der Waals surface area contributed by atoms with E-state index in [4.69, 9.17) is 30.1 Å². The maximum atomic E-state index is 11.6. The Labute approximate surface area is 250 Å². The second kappa shape index (κ2) is 16.1. The van der Waals surface area contributed by atoms with Crippen LogP contribution in [0.4, 0.5) is 0 Å².